The average molecular weight is 378 g/mol. The molecule has 3 aromatic rings. The fourth-order valence-corrected chi connectivity index (χ4v) is 3.81. The minimum absolute atomic E-state index is 0.226. The van der Waals surface area contributed by atoms with Crippen molar-refractivity contribution in [2.75, 3.05) is 10.6 Å². The van der Waals surface area contributed by atoms with Crippen LogP contribution in [0.1, 0.15) is 12.7 Å². The van der Waals surface area contributed by atoms with Gasteiger partial charge in [0.2, 0.25) is 11.0 Å². The molecule has 2 N–H and O–H groups in total. The van der Waals surface area contributed by atoms with E-state index in [2.05, 4.69) is 20.8 Å². The number of amides is 1. The Hall–Kier alpha value is -2.39. The number of halogens is 1. The number of nitrogens with one attached hydrogen (secondary N) is 2. The first-order valence-corrected chi connectivity index (χ1v) is 9.12. The van der Waals surface area contributed by atoms with Gasteiger partial charge in [-0.1, -0.05) is 29.2 Å². The predicted molar refractivity (Wildman–Crippen MR) is 96.3 cm³/mol. The summed E-state index contributed by atoms with van der Waals surface area (Å²) < 4.78 is 19.1. The van der Waals surface area contributed by atoms with Crippen molar-refractivity contribution in [1.82, 2.24) is 10.2 Å². The van der Waals surface area contributed by atoms with Gasteiger partial charge in [0, 0.05) is 5.69 Å². The Balaban J connectivity index is 1.52. The number of rotatable bonds is 7. The SMILES string of the molecule is CC(Sc1nnc(NCc2ccco2)s1)C(=O)Nc1cccc(F)c1. The normalized spacial score (nSPS) is 11.9. The van der Waals surface area contributed by atoms with Crippen molar-refractivity contribution in [3.63, 3.8) is 0 Å². The zero-order chi connectivity index (χ0) is 17.6. The first kappa shape index (κ1) is 17.4. The van der Waals surface area contributed by atoms with Crippen molar-refractivity contribution >= 4 is 39.8 Å². The second kappa shape index (κ2) is 8.13. The molecule has 2 aromatic heterocycles. The molecule has 25 heavy (non-hydrogen) atoms. The molecule has 0 aliphatic carbocycles. The van der Waals surface area contributed by atoms with Crippen LogP contribution < -0.4 is 10.6 Å². The van der Waals surface area contributed by atoms with E-state index in [0.717, 1.165) is 5.76 Å². The van der Waals surface area contributed by atoms with Crippen molar-refractivity contribution in [3.8, 4) is 0 Å². The van der Waals surface area contributed by atoms with E-state index in [1.54, 1.807) is 25.3 Å². The third kappa shape index (κ3) is 5.04. The second-order valence-electron chi connectivity index (χ2n) is 5.07. The van der Waals surface area contributed by atoms with E-state index in [9.17, 15) is 9.18 Å². The summed E-state index contributed by atoms with van der Waals surface area (Å²) >= 11 is 2.65. The van der Waals surface area contributed by atoms with Crippen LogP contribution in [0, 0.1) is 5.82 Å². The number of hydrogen-bond acceptors (Lipinski definition) is 7. The fraction of sp³-hybridized carbons (Fsp3) is 0.188. The molecule has 0 aliphatic heterocycles. The summed E-state index contributed by atoms with van der Waals surface area (Å²) in [6.07, 6.45) is 1.61. The maximum Gasteiger partial charge on any atom is 0.237 e. The highest BCUT2D eigenvalue weighted by atomic mass is 32.2. The van der Waals surface area contributed by atoms with Gasteiger partial charge in [-0.25, -0.2) is 4.39 Å². The number of nitrogens with zero attached hydrogens (tertiary/aromatic N) is 2. The molecule has 0 radical (unpaired) electrons. The lowest BCUT2D eigenvalue weighted by molar-refractivity contribution is -0.115. The van der Waals surface area contributed by atoms with E-state index in [-0.39, 0.29) is 5.91 Å². The Labute approximate surface area is 151 Å². The van der Waals surface area contributed by atoms with E-state index in [0.29, 0.717) is 21.7 Å². The van der Waals surface area contributed by atoms with Crippen molar-refractivity contribution in [1.29, 1.82) is 0 Å². The largest absolute Gasteiger partial charge is 0.467 e. The van der Waals surface area contributed by atoms with Crippen LogP contribution in [0.5, 0.6) is 0 Å². The quantitative estimate of drug-likeness (QED) is 0.605. The van der Waals surface area contributed by atoms with Crippen LogP contribution in [0.15, 0.2) is 51.4 Å². The van der Waals surface area contributed by atoms with Crippen molar-refractivity contribution < 1.29 is 13.6 Å². The zero-order valence-electron chi connectivity index (χ0n) is 13.2. The molecule has 1 atom stereocenters. The molecule has 1 aromatic carbocycles. The Morgan fingerprint density at radius 1 is 1.36 bits per heavy atom. The summed E-state index contributed by atoms with van der Waals surface area (Å²) in [7, 11) is 0. The summed E-state index contributed by atoms with van der Waals surface area (Å²) in [5.74, 6) is 0.178. The number of anilines is 2. The molecule has 0 saturated carbocycles. The molecule has 6 nitrogen and oxygen atoms in total. The summed E-state index contributed by atoms with van der Waals surface area (Å²) in [4.78, 5) is 12.2. The number of aromatic nitrogens is 2. The highest BCUT2D eigenvalue weighted by Crippen LogP contribution is 2.29. The van der Waals surface area contributed by atoms with E-state index in [1.807, 2.05) is 12.1 Å². The van der Waals surface area contributed by atoms with Gasteiger partial charge in [0.25, 0.3) is 0 Å². The number of hydrogen-bond donors (Lipinski definition) is 2. The van der Waals surface area contributed by atoms with E-state index in [4.69, 9.17) is 4.42 Å². The number of furan rings is 1. The molecular weight excluding hydrogens is 363 g/mol. The van der Waals surface area contributed by atoms with Crippen LogP contribution in [-0.4, -0.2) is 21.4 Å². The van der Waals surface area contributed by atoms with Gasteiger partial charge in [-0.15, -0.1) is 10.2 Å². The lowest BCUT2D eigenvalue weighted by atomic mass is 10.3. The summed E-state index contributed by atoms with van der Waals surface area (Å²) in [6.45, 7) is 2.28. The van der Waals surface area contributed by atoms with Gasteiger partial charge in [0.15, 0.2) is 4.34 Å². The van der Waals surface area contributed by atoms with Crippen LogP contribution in [0.4, 0.5) is 15.2 Å². The molecule has 0 spiro atoms. The van der Waals surface area contributed by atoms with Crippen LogP contribution in [0.25, 0.3) is 0 Å². The molecule has 1 unspecified atom stereocenters. The highest BCUT2D eigenvalue weighted by Gasteiger charge is 2.17. The number of thioether (sulfide) groups is 1. The zero-order valence-corrected chi connectivity index (χ0v) is 14.9. The predicted octanol–water partition coefficient (Wildman–Crippen LogP) is 4.00. The maximum atomic E-state index is 13.2. The minimum atomic E-state index is -0.394. The first-order chi connectivity index (χ1) is 12.1. The smallest absolute Gasteiger partial charge is 0.237 e. The van der Waals surface area contributed by atoms with Crippen molar-refractivity contribution in [2.24, 2.45) is 0 Å². The molecule has 1 amide bonds. The van der Waals surface area contributed by atoms with Crippen LogP contribution in [-0.2, 0) is 11.3 Å². The summed E-state index contributed by atoms with van der Waals surface area (Å²) in [5, 5.41) is 14.1. The number of carbonyl (C=O) groups is 1. The van der Waals surface area contributed by atoms with Crippen molar-refractivity contribution in [3.05, 3.63) is 54.2 Å². The minimum Gasteiger partial charge on any atom is -0.467 e. The standard InChI is InChI=1S/C16H15FN4O2S2/c1-10(14(22)19-12-5-2-4-11(17)8-12)24-16-21-20-15(25-16)18-9-13-6-3-7-23-13/h2-8,10H,9H2,1H3,(H,18,20)(H,19,22). The molecule has 0 fully saturated rings. The van der Waals surface area contributed by atoms with Gasteiger partial charge < -0.3 is 15.1 Å². The monoisotopic (exact) mass is 378 g/mol. The molecule has 9 heteroatoms. The Morgan fingerprint density at radius 3 is 3.00 bits per heavy atom. The van der Waals surface area contributed by atoms with Gasteiger partial charge in [-0.2, -0.15) is 0 Å². The first-order valence-electron chi connectivity index (χ1n) is 7.43. The molecule has 0 saturated heterocycles. The van der Waals surface area contributed by atoms with Gasteiger partial charge in [0.1, 0.15) is 11.6 Å². The number of carbonyl (C=O) groups excluding carboxylic acids is 1. The maximum absolute atomic E-state index is 13.2. The topological polar surface area (TPSA) is 80.1 Å². The third-order valence-electron chi connectivity index (χ3n) is 3.14. The van der Waals surface area contributed by atoms with Gasteiger partial charge in [-0.05, 0) is 37.3 Å². The Kier molecular flexibility index (Phi) is 5.67. The third-order valence-corrected chi connectivity index (χ3v) is 5.20. The molecule has 3 rings (SSSR count). The highest BCUT2D eigenvalue weighted by molar-refractivity contribution is 8.02. The average Bonchev–Trinajstić information content (AvgIpc) is 3.24. The molecule has 0 aliphatic rings. The lowest BCUT2D eigenvalue weighted by Crippen LogP contribution is -2.22. The summed E-state index contributed by atoms with van der Waals surface area (Å²) in [5.41, 5.74) is 0.426. The lowest BCUT2D eigenvalue weighted by Gasteiger charge is -2.10. The second-order valence-corrected chi connectivity index (χ2v) is 7.63. The fourth-order valence-electron chi connectivity index (χ4n) is 1.92. The van der Waals surface area contributed by atoms with E-state index < -0.39 is 11.1 Å². The van der Waals surface area contributed by atoms with Crippen molar-refractivity contribution in [2.45, 2.75) is 23.1 Å². The van der Waals surface area contributed by atoms with Crippen LogP contribution >= 0.6 is 23.1 Å². The van der Waals surface area contributed by atoms with Crippen LogP contribution in [0.2, 0.25) is 0 Å². The molecule has 2 heterocycles. The van der Waals surface area contributed by atoms with Crippen LogP contribution in [0.3, 0.4) is 0 Å². The molecule has 130 valence electrons. The van der Waals surface area contributed by atoms with E-state index >= 15 is 0 Å². The van der Waals surface area contributed by atoms with Gasteiger partial charge >= 0.3 is 0 Å². The molecular formula is C16H15FN4O2S2. The van der Waals surface area contributed by atoms with E-state index in [1.165, 1.54) is 35.2 Å². The van der Waals surface area contributed by atoms with Gasteiger partial charge in [0.05, 0.1) is 18.1 Å². The Bertz CT molecular complexity index is 838. The van der Waals surface area contributed by atoms with Gasteiger partial charge in [-0.3, -0.25) is 4.79 Å². The summed E-state index contributed by atoms with van der Waals surface area (Å²) in [6, 6.07) is 9.47. The number of benzene rings is 1. The Morgan fingerprint density at radius 2 is 2.24 bits per heavy atom. The molecule has 0 bridgehead atoms.